The van der Waals surface area contributed by atoms with E-state index in [-0.39, 0.29) is 5.54 Å². The predicted molar refractivity (Wildman–Crippen MR) is 79.3 cm³/mol. The molecule has 20 heavy (non-hydrogen) atoms. The minimum Gasteiger partial charge on any atom is -0.396 e. The van der Waals surface area contributed by atoms with Crippen LogP contribution in [0.4, 0.5) is 11.5 Å². The number of nitrogens with zero attached hydrogens (tertiary/aromatic N) is 2. The number of pyridine rings is 2. The Balaban J connectivity index is 1.91. The standard InChI is InChI=1S/C15H18N4O/c1-15(6-9-20-10-15)19-14-12(16)2-3-13(18-14)11-4-7-17-8-5-11/h2-5,7-8H,6,9-10,16H2,1H3,(H,18,19). The first-order valence-corrected chi connectivity index (χ1v) is 6.69. The molecule has 1 aliphatic rings. The number of hydrogen-bond acceptors (Lipinski definition) is 5. The monoisotopic (exact) mass is 270 g/mol. The third-order valence-corrected chi connectivity index (χ3v) is 3.54. The molecule has 3 N–H and O–H groups in total. The van der Waals surface area contributed by atoms with Gasteiger partial charge in [-0.05, 0) is 37.6 Å². The molecule has 5 nitrogen and oxygen atoms in total. The van der Waals surface area contributed by atoms with Crippen molar-refractivity contribution in [1.82, 2.24) is 9.97 Å². The molecule has 0 aromatic carbocycles. The normalized spacial score (nSPS) is 21.9. The van der Waals surface area contributed by atoms with Gasteiger partial charge in [0.2, 0.25) is 0 Å². The SMILES string of the molecule is CC1(Nc2nc(-c3ccncc3)ccc2N)CCOC1. The maximum absolute atomic E-state index is 6.03. The van der Waals surface area contributed by atoms with Gasteiger partial charge in [0, 0.05) is 24.6 Å². The highest BCUT2D eigenvalue weighted by atomic mass is 16.5. The quantitative estimate of drug-likeness (QED) is 0.895. The van der Waals surface area contributed by atoms with Crippen molar-refractivity contribution in [3.05, 3.63) is 36.7 Å². The number of aromatic nitrogens is 2. The zero-order valence-electron chi connectivity index (χ0n) is 11.5. The zero-order chi connectivity index (χ0) is 14.0. The van der Waals surface area contributed by atoms with Gasteiger partial charge in [0.05, 0.1) is 23.5 Å². The van der Waals surface area contributed by atoms with Gasteiger partial charge >= 0.3 is 0 Å². The fourth-order valence-corrected chi connectivity index (χ4v) is 2.30. The Bertz CT molecular complexity index is 594. The van der Waals surface area contributed by atoms with Gasteiger partial charge in [-0.3, -0.25) is 4.98 Å². The minimum absolute atomic E-state index is 0.0992. The molecule has 1 atom stereocenters. The predicted octanol–water partition coefficient (Wildman–Crippen LogP) is 2.32. The van der Waals surface area contributed by atoms with Crippen LogP contribution in [0.3, 0.4) is 0 Å². The molecule has 2 aromatic rings. The Labute approximate surface area is 118 Å². The lowest BCUT2D eigenvalue weighted by atomic mass is 10.0. The summed E-state index contributed by atoms with van der Waals surface area (Å²) in [5.41, 5.74) is 8.48. The summed E-state index contributed by atoms with van der Waals surface area (Å²) in [5, 5.41) is 3.42. The van der Waals surface area contributed by atoms with E-state index in [4.69, 9.17) is 10.5 Å². The topological polar surface area (TPSA) is 73.1 Å². The molecule has 104 valence electrons. The molecule has 3 rings (SSSR count). The number of anilines is 2. The fourth-order valence-electron chi connectivity index (χ4n) is 2.30. The Morgan fingerprint density at radius 2 is 2.05 bits per heavy atom. The van der Waals surface area contributed by atoms with Crippen LogP contribution in [0.5, 0.6) is 0 Å². The molecule has 0 radical (unpaired) electrons. The van der Waals surface area contributed by atoms with Crippen LogP contribution in [0.2, 0.25) is 0 Å². The van der Waals surface area contributed by atoms with Gasteiger partial charge in [-0.2, -0.15) is 0 Å². The number of nitrogens with one attached hydrogen (secondary N) is 1. The highest BCUT2D eigenvalue weighted by molar-refractivity contribution is 5.69. The minimum atomic E-state index is -0.0992. The van der Waals surface area contributed by atoms with Crippen molar-refractivity contribution in [3.8, 4) is 11.3 Å². The summed E-state index contributed by atoms with van der Waals surface area (Å²) in [6, 6.07) is 7.67. The third kappa shape index (κ3) is 2.58. The second-order valence-electron chi connectivity index (χ2n) is 5.36. The first kappa shape index (κ1) is 12.9. The molecule has 2 aromatic heterocycles. The van der Waals surface area contributed by atoms with Crippen molar-refractivity contribution in [2.45, 2.75) is 18.9 Å². The van der Waals surface area contributed by atoms with E-state index in [0.717, 1.165) is 24.3 Å². The molecule has 1 aliphatic heterocycles. The maximum atomic E-state index is 6.03. The highest BCUT2D eigenvalue weighted by Crippen LogP contribution is 2.28. The summed E-state index contributed by atoms with van der Waals surface area (Å²) < 4.78 is 5.45. The first-order chi connectivity index (χ1) is 9.66. The summed E-state index contributed by atoms with van der Waals surface area (Å²) in [7, 11) is 0. The molecule has 0 amide bonds. The van der Waals surface area contributed by atoms with Crippen LogP contribution in [0, 0.1) is 0 Å². The molecular formula is C15H18N4O. The van der Waals surface area contributed by atoms with E-state index < -0.39 is 0 Å². The largest absolute Gasteiger partial charge is 0.396 e. The number of ether oxygens (including phenoxy) is 1. The van der Waals surface area contributed by atoms with E-state index in [0.29, 0.717) is 18.1 Å². The Hall–Kier alpha value is -2.14. The van der Waals surface area contributed by atoms with Crippen molar-refractivity contribution in [3.63, 3.8) is 0 Å². The third-order valence-electron chi connectivity index (χ3n) is 3.54. The Morgan fingerprint density at radius 1 is 1.25 bits per heavy atom. The second-order valence-corrected chi connectivity index (χ2v) is 5.36. The molecule has 1 fully saturated rings. The Kier molecular flexibility index (Phi) is 3.28. The molecule has 3 heterocycles. The molecule has 0 aliphatic carbocycles. The van der Waals surface area contributed by atoms with E-state index in [9.17, 15) is 0 Å². The van der Waals surface area contributed by atoms with Crippen LogP contribution in [0.1, 0.15) is 13.3 Å². The molecule has 0 bridgehead atoms. The molecule has 0 spiro atoms. The summed E-state index contributed by atoms with van der Waals surface area (Å²) in [5.74, 6) is 0.715. The number of nitrogen functional groups attached to an aromatic ring is 1. The van der Waals surface area contributed by atoms with Crippen molar-refractivity contribution in [2.24, 2.45) is 0 Å². The summed E-state index contributed by atoms with van der Waals surface area (Å²) in [6.07, 6.45) is 4.47. The lowest BCUT2D eigenvalue weighted by Gasteiger charge is -2.25. The van der Waals surface area contributed by atoms with Crippen LogP contribution in [-0.4, -0.2) is 28.7 Å². The summed E-state index contributed by atoms with van der Waals surface area (Å²) in [4.78, 5) is 8.65. The summed E-state index contributed by atoms with van der Waals surface area (Å²) in [6.45, 7) is 3.57. The van der Waals surface area contributed by atoms with E-state index in [2.05, 4.69) is 22.2 Å². The second kappa shape index (κ2) is 5.09. The van der Waals surface area contributed by atoms with Crippen LogP contribution in [0.25, 0.3) is 11.3 Å². The zero-order valence-corrected chi connectivity index (χ0v) is 11.5. The molecule has 5 heteroatoms. The van der Waals surface area contributed by atoms with Crippen molar-refractivity contribution in [1.29, 1.82) is 0 Å². The fraction of sp³-hybridized carbons (Fsp3) is 0.333. The van der Waals surface area contributed by atoms with Crippen LogP contribution in [0.15, 0.2) is 36.7 Å². The number of nitrogens with two attached hydrogens (primary N) is 1. The van der Waals surface area contributed by atoms with Crippen LogP contribution in [-0.2, 0) is 4.74 Å². The van der Waals surface area contributed by atoms with Gasteiger partial charge in [0.1, 0.15) is 5.82 Å². The molecule has 1 unspecified atom stereocenters. The maximum Gasteiger partial charge on any atom is 0.150 e. The van der Waals surface area contributed by atoms with Gasteiger partial charge in [-0.1, -0.05) is 0 Å². The van der Waals surface area contributed by atoms with E-state index in [1.54, 1.807) is 12.4 Å². The van der Waals surface area contributed by atoms with E-state index in [1.807, 2.05) is 24.3 Å². The van der Waals surface area contributed by atoms with Crippen molar-refractivity contribution >= 4 is 11.5 Å². The lowest BCUT2D eigenvalue weighted by molar-refractivity contribution is 0.185. The van der Waals surface area contributed by atoms with Crippen LogP contribution < -0.4 is 11.1 Å². The number of hydrogen-bond donors (Lipinski definition) is 2. The lowest BCUT2D eigenvalue weighted by Crippen LogP contribution is -2.35. The van der Waals surface area contributed by atoms with Gasteiger partial charge in [-0.15, -0.1) is 0 Å². The van der Waals surface area contributed by atoms with Crippen molar-refractivity contribution in [2.75, 3.05) is 24.3 Å². The average Bonchev–Trinajstić information content (AvgIpc) is 2.89. The van der Waals surface area contributed by atoms with Crippen LogP contribution >= 0.6 is 0 Å². The molecule has 0 saturated carbocycles. The molecule has 1 saturated heterocycles. The van der Waals surface area contributed by atoms with Gasteiger partial charge in [-0.25, -0.2) is 4.98 Å². The highest BCUT2D eigenvalue weighted by Gasteiger charge is 2.30. The van der Waals surface area contributed by atoms with E-state index >= 15 is 0 Å². The number of rotatable bonds is 3. The Morgan fingerprint density at radius 3 is 2.75 bits per heavy atom. The first-order valence-electron chi connectivity index (χ1n) is 6.69. The van der Waals surface area contributed by atoms with Gasteiger partial charge in [0.25, 0.3) is 0 Å². The van der Waals surface area contributed by atoms with Gasteiger partial charge < -0.3 is 15.8 Å². The van der Waals surface area contributed by atoms with E-state index in [1.165, 1.54) is 0 Å². The summed E-state index contributed by atoms with van der Waals surface area (Å²) >= 11 is 0. The van der Waals surface area contributed by atoms with Crippen molar-refractivity contribution < 1.29 is 4.74 Å². The molecular weight excluding hydrogens is 252 g/mol. The van der Waals surface area contributed by atoms with Gasteiger partial charge in [0.15, 0.2) is 0 Å². The average molecular weight is 270 g/mol. The smallest absolute Gasteiger partial charge is 0.150 e.